The molecule has 0 aromatic carbocycles. The number of nitrogens with zero attached hydrogens (tertiary/aromatic N) is 2. The van der Waals surface area contributed by atoms with Gasteiger partial charge in [-0.25, -0.2) is 0 Å². The lowest BCUT2D eigenvalue weighted by molar-refractivity contribution is -0.140. The van der Waals surface area contributed by atoms with Crippen LogP contribution in [0.2, 0.25) is 0 Å². The maximum Gasteiger partial charge on any atom is 0.223 e. The van der Waals surface area contributed by atoms with Crippen LogP contribution in [0.3, 0.4) is 0 Å². The number of hydrogen-bond acceptors (Lipinski definition) is 4. The minimum absolute atomic E-state index is 0.199. The van der Waals surface area contributed by atoms with Crippen LogP contribution in [0.15, 0.2) is 0 Å². The van der Waals surface area contributed by atoms with Crippen molar-refractivity contribution in [3.05, 3.63) is 0 Å². The van der Waals surface area contributed by atoms with Gasteiger partial charge in [0.25, 0.3) is 0 Å². The molecule has 0 aromatic heterocycles. The van der Waals surface area contributed by atoms with Gasteiger partial charge in [-0.2, -0.15) is 0 Å². The molecule has 0 unspecified atom stereocenters. The predicted octanol–water partition coefficient (Wildman–Crippen LogP) is 0.211. The summed E-state index contributed by atoms with van der Waals surface area (Å²) in [4.78, 5) is 27.7. The lowest BCUT2D eigenvalue weighted by Crippen LogP contribution is -2.63. The monoisotopic (exact) mass is 297 g/mol. The second-order valence-electron chi connectivity index (χ2n) is 6.23. The van der Waals surface area contributed by atoms with E-state index in [4.69, 9.17) is 10.5 Å². The highest BCUT2D eigenvalue weighted by atomic mass is 16.5. The number of primary amides is 1. The van der Waals surface area contributed by atoms with Crippen LogP contribution in [0, 0.1) is 5.41 Å². The van der Waals surface area contributed by atoms with Gasteiger partial charge < -0.3 is 15.4 Å². The van der Waals surface area contributed by atoms with E-state index in [2.05, 4.69) is 4.90 Å². The fourth-order valence-electron chi connectivity index (χ4n) is 3.35. The molecule has 6 heteroatoms. The Balaban J connectivity index is 1.83. The molecule has 2 aliphatic heterocycles. The van der Waals surface area contributed by atoms with Crippen molar-refractivity contribution in [2.24, 2.45) is 11.1 Å². The maximum absolute atomic E-state index is 11.8. The summed E-state index contributed by atoms with van der Waals surface area (Å²) in [6.45, 7) is 5.89. The first-order chi connectivity index (χ1) is 10.0. The number of carbonyl (C=O) groups is 2. The van der Waals surface area contributed by atoms with E-state index < -0.39 is 5.41 Å². The second kappa shape index (κ2) is 6.75. The standard InChI is InChI=1S/C15H27N3O3/c1-3-13(19)18-10-12(11-18)17-7-4-15(5-8-17,14(16)20)6-9-21-2/h12H,3-11H2,1-2H3,(H2,16,20). The van der Waals surface area contributed by atoms with Gasteiger partial charge in [0.2, 0.25) is 11.8 Å². The fraction of sp³-hybridized carbons (Fsp3) is 0.867. The van der Waals surface area contributed by atoms with Crippen LogP contribution in [0.25, 0.3) is 0 Å². The number of carbonyl (C=O) groups excluding carboxylic acids is 2. The number of nitrogens with two attached hydrogens (primary N) is 1. The third kappa shape index (κ3) is 3.37. The van der Waals surface area contributed by atoms with Gasteiger partial charge in [-0.15, -0.1) is 0 Å². The number of amides is 2. The summed E-state index contributed by atoms with van der Waals surface area (Å²) < 4.78 is 5.11. The van der Waals surface area contributed by atoms with E-state index in [1.807, 2.05) is 11.8 Å². The van der Waals surface area contributed by atoms with Crippen molar-refractivity contribution in [3.8, 4) is 0 Å². The predicted molar refractivity (Wildman–Crippen MR) is 79.6 cm³/mol. The van der Waals surface area contributed by atoms with Crippen LogP contribution in [0.4, 0.5) is 0 Å². The van der Waals surface area contributed by atoms with Gasteiger partial charge in [-0.1, -0.05) is 6.92 Å². The molecule has 0 saturated carbocycles. The topological polar surface area (TPSA) is 75.9 Å². The van der Waals surface area contributed by atoms with Crippen molar-refractivity contribution in [1.82, 2.24) is 9.80 Å². The van der Waals surface area contributed by atoms with Crippen LogP contribution in [-0.2, 0) is 14.3 Å². The molecule has 0 radical (unpaired) electrons. The Morgan fingerprint density at radius 1 is 1.29 bits per heavy atom. The van der Waals surface area contributed by atoms with E-state index in [1.54, 1.807) is 7.11 Å². The Hall–Kier alpha value is -1.14. The first-order valence-electron chi connectivity index (χ1n) is 7.83. The normalized spacial score (nSPS) is 22.9. The fourth-order valence-corrected chi connectivity index (χ4v) is 3.35. The molecule has 0 bridgehead atoms. The number of ether oxygens (including phenoxy) is 1. The Bertz CT molecular complexity index is 386. The average Bonchev–Trinajstić information content (AvgIpc) is 2.44. The van der Waals surface area contributed by atoms with Gasteiger partial charge in [0.1, 0.15) is 0 Å². The zero-order valence-corrected chi connectivity index (χ0v) is 13.1. The molecule has 6 nitrogen and oxygen atoms in total. The van der Waals surface area contributed by atoms with Crippen LogP contribution in [0.5, 0.6) is 0 Å². The van der Waals surface area contributed by atoms with Gasteiger partial charge in [0.15, 0.2) is 0 Å². The highest BCUT2D eigenvalue weighted by Gasteiger charge is 2.43. The molecule has 2 fully saturated rings. The van der Waals surface area contributed by atoms with Crippen molar-refractivity contribution in [1.29, 1.82) is 0 Å². The molecule has 2 N–H and O–H groups in total. The molecule has 0 atom stereocenters. The smallest absolute Gasteiger partial charge is 0.223 e. The zero-order valence-electron chi connectivity index (χ0n) is 13.1. The SMILES string of the molecule is CCC(=O)N1CC(N2CCC(CCOC)(C(N)=O)CC2)C1. The number of piperidine rings is 1. The molecule has 2 heterocycles. The molecular formula is C15H27N3O3. The highest BCUT2D eigenvalue weighted by molar-refractivity contribution is 5.81. The number of rotatable bonds is 6. The largest absolute Gasteiger partial charge is 0.385 e. The summed E-state index contributed by atoms with van der Waals surface area (Å²) >= 11 is 0. The van der Waals surface area contributed by atoms with Crippen LogP contribution < -0.4 is 5.73 Å². The molecule has 0 aliphatic carbocycles. The molecule has 0 aromatic rings. The number of hydrogen-bond donors (Lipinski definition) is 1. The summed E-state index contributed by atoms with van der Waals surface area (Å²) in [5, 5.41) is 0. The first kappa shape index (κ1) is 16.2. The zero-order chi connectivity index (χ0) is 15.5. The van der Waals surface area contributed by atoms with Crippen LogP contribution >= 0.6 is 0 Å². The van der Waals surface area contributed by atoms with Crippen molar-refractivity contribution in [2.75, 3.05) is 39.9 Å². The Morgan fingerprint density at radius 2 is 1.90 bits per heavy atom. The lowest BCUT2D eigenvalue weighted by Gasteiger charge is -2.49. The summed E-state index contributed by atoms with van der Waals surface area (Å²) in [5.74, 6) is 0.0328. The molecular weight excluding hydrogens is 270 g/mol. The molecule has 2 aliphatic rings. The molecule has 120 valence electrons. The molecule has 2 amide bonds. The van der Waals surface area contributed by atoms with E-state index in [0.717, 1.165) is 39.0 Å². The van der Waals surface area contributed by atoms with E-state index >= 15 is 0 Å². The van der Waals surface area contributed by atoms with E-state index in [9.17, 15) is 9.59 Å². The Morgan fingerprint density at radius 3 is 2.38 bits per heavy atom. The van der Waals surface area contributed by atoms with Crippen molar-refractivity contribution >= 4 is 11.8 Å². The minimum Gasteiger partial charge on any atom is -0.385 e. The Kier molecular flexibility index (Phi) is 5.22. The van der Waals surface area contributed by atoms with E-state index in [-0.39, 0.29) is 11.8 Å². The van der Waals surface area contributed by atoms with Gasteiger partial charge in [0.05, 0.1) is 5.41 Å². The summed E-state index contributed by atoms with van der Waals surface area (Å²) in [7, 11) is 1.65. The van der Waals surface area contributed by atoms with Crippen molar-refractivity contribution in [3.63, 3.8) is 0 Å². The van der Waals surface area contributed by atoms with Gasteiger partial charge in [0, 0.05) is 39.3 Å². The number of methoxy groups -OCH3 is 1. The lowest BCUT2D eigenvalue weighted by atomic mass is 9.74. The van der Waals surface area contributed by atoms with Gasteiger partial charge >= 0.3 is 0 Å². The van der Waals surface area contributed by atoms with Crippen LogP contribution in [0.1, 0.15) is 32.6 Å². The van der Waals surface area contributed by atoms with Gasteiger partial charge in [-0.05, 0) is 32.4 Å². The molecule has 0 spiro atoms. The summed E-state index contributed by atoms with van der Waals surface area (Å²) in [5.41, 5.74) is 5.22. The average molecular weight is 297 g/mol. The van der Waals surface area contributed by atoms with E-state index in [1.165, 1.54) is 0 Å². The maximum atomic E-state index is 11.8. The Labute approximate surface area is 126 Å². The van der Waals surface area contributed by atoms with Crippen LogP contribution in [-0.4, -0.2) is 67.6 Å². The van der Waals surface area contributed by atoms with Gasteiger partial charge in [-0.3, -0.25) is 14.5 Å². The molecule has 2 rings (SSSR count). The van der Waals surface area contributed by atoms with E-state index in [0.29, 0.717) is 25.5 Å². The summed E-state index contributed by atoms with van der Waals surface area (Å²) in [6, 6.07) is 0.453. The number of likely N-dealkylation sites (tertiary alicyclic amines) is 2. The summed E-state index contributed by atoms with van der Waals surface area (Å²) in [6.07, 6.45) is 2.88. The third-order valence-electron chi connectivity index (χ3n) is 5.10. The highest BCUT2D eigenvalue weighted by Crippen LogP contribution is 2.36. The quantitative estimate of drug-likeness (QED) is 0.760. The van der Waals surface area contributed by atoms with Crippen molar-refractivity contribution < 1.29 is 14.3 Å². The molecule has 21 heavy (non-hydrogen) atoms. The first-order valence-corrected chi connectivity index (χ1v) is 7.83. The third-order valence-corrected chi connectivity index (χ3v) is 5.10. The van der Waals surface area contributed by atoms with Crippen molar-refractivity contribution in [2.45, 2.75) is 38.6 Å². The molecule has 2 saturated heterocycles. The minimum atomic E-state index is -0.408. The second-order valence-corrected chi connectivity index (χ2v) is 6.23.